The Morgan fingerprint density at radius 2 is 1.77 bits per heavy atom. The number of H-pyrrole nitrogens is 1. The highest BCUT2D eigenvalue weighted by atomic mass is 19.4. The molecule has 26 heavy (non-hydrogen) atoms. The largest absolute Gasteiger partial charge is 0.416 e. The number of nitrogens with one attached hydrogen (secondary N) is 1. The number of hydrogen-bond acceptors (Lipinski definition) is 4. The molecule has 0 aliphatic rings. The number of alkyl halides is 3. The lowest BCUT2D eigenvalue weighted by atomic mass is 9.73. The van der Waals surface area contributed by atoms with E-state index in [-0.39, 0.29) is 24.0 Å². The van der Waals surface area contributed by atoms with Gasteiger partial charge >= 0.3 is 6.18 Å². The molecule has 2 rings (SSSR count). The number of nitrogen functional groups attached to an aromatic ring is 1. The number of carbonyl (C=O) groups excluding carboxylic acids is 1. The highest BCUT2D eigenvalue weighted by Crippen LogP contribution is 2.39. The first-order valence-corrected chi connectivity index (χ1v) is 7.95. The topological polar surface area (TPSA) is 88.8 Å². The molecule has 0 spiro atoms. The van der Waals surface area contributed by atoms with E-state index < -0.39 is 28.5 Å². The second-order valence-electron chi connectivity index (χ2n) is 7.18. The molecule has 0 radical (unpaired) electrons. The lowest BCUT2D eigenvalue weighted by Crippen LogP contribution is -2.23. The molecule has 0 fully saturated rings. The zero-order valence-corrected chi connectivity index (χ0v) is 14.6. The van der Waals surface area contributed by atoms with Gasteiger partial charge in [0.2, 0.25) is 5.95 Å². The summed E-state index contributed by atoms with van der Waals surface area (Å²) in [7, 11) is 0. The van der Waals surface area contributed by atoms with E-state index in [1.807, 2.05) is 20.8 Å². The van der Waals surface area contributed by atoms with Crippen LogP contribution in [0.25, 0.3) is 0 Å². The number of carbonyl (C=O) groups is 1. The van der Waals surface area contributed by atoms with Crippen molar-refractivity contribution in [3.63, 3.8) is 0 Å². The van der Waals surface area contributed by atoms with Crippen molar-refractivity contribution in [3.05, 3.63) is 57.5 Å². The van der Waals surface area contributed by atoms with Crippen LogP contribution in [-0.4, -0.2) is 15.8 Å². The highest BCUT2D eigenvalue weighted by Gasteiger charge is 2.32. The van der Waals surface area contributed by atoms with Crippen molar-refractivity contribution in [3.8, 4) is 0 Å². The number of Topliss-reactive ketones (excluding diaryl/α,β-unsaturated/α-hetero) is 1. The SMILES string of the molecule is CC(C)(C)[C@@H](CC(=O)c1cc(=O)[nH]c(N)n1)c1ccc(C(F)(F)F)cc1. The fraction of sp³-hybridized carbons (Fsp3) is 0.389. The molecular weight excluding hydrogens is 347 g/mol. The molecule has 0 saturated heterocycles. The maximum Gasteiger partial charge on any atom is 0.416 e. The van der Waals surface area contributed by atoms with Crippen LogP contribution in [0.1, 0.15) is 54.7 Å². The summed E-state index contributed by atoms with van der Waals surface area (Å²) < 4.78 is 38.3. The summed E-state index contributed by atoms with van der Waals surface area (Å²) >= 11 is 0. The van der Waals surface area contributed by atoms with Gasteiger partial charge in [-0.2, -0.15) is 13.2 Å². The molecule has 3 N–H and O–H groups in total. The van der Waals surface area contributed by atoms with Gasteiger partial charge in [0.15, 0.2) is 5.78 Å². The maximum atomic E-state index is 12.8. The van der Waals surface area contributed by atoms with Crippen LogP contribution in [0, 0.1) is 5.41 Å². The van der Waals surface area contributed by atoms with E-state index in [9.17, 15) is 22.8 Å². The normalized spacial score (nSPS) is 13.5. The van der Waals surface area contributed by atoms with Crippen LogP contribution >= 0.6 is 0 Å². The number of nitrogens with zero attached hydrogens (tertiary/aromatic N) is 1. The Morgan fingerprint density at radius 3 is 2.23 bits per heavy atom. The third-order valence-electron chi connectivity index (χ3n) is 4.12. The standard InChI is InChI=1S/C18H20F3N3O2/c1-17(2,3)12(10-4-6-11(7-5-10)18(19,20)21)8-14(25)13-9-15(26)24-16(22)23-13/h4-7,9,12H,8H2,1-3H3,(H3,22,23,24,26)/t12-/m0/s1. The molecule has 0 bridgehead atoms. The monoisotopic (exact) mass is 367 g/mol. The fourth-order valence-electron chi connectivity index (χ4n) is 2.74. The Hall–Kier alpha value is -2.64. The van der Waals surface area contributed by atoms with Gasteiger partial charge < -0.3 is 5.73 Å². The van der Waals surface area contributed by atoms with E-state index in [1.54, 1.807) is 0 Å². The van der Waals surface area contributed by atoms with Gasteiger partial charge in [0.25, 0.3) is 5.56 Å². The molecule has 5 nitrogen and oxygen atoms in total. The molecule has 0 aliphatic heterocycles. The van der Waals surface area contributed by atoms with Gasteiger partial charge in [0.05, 0.1) is 5.56 Å². The van der Waals surface area contributed by atoms with E-state index in [2.05, 4.69) is 9.97 Å². The van der Waals surface area contributed by atoms with E-state index in [0.29, 0.717) is 5.56 Å². The second kappa shape index (κ2) is 6.93. The third-order valence-corrected chi connectivity index (χ3v) is 4.12. The molecular formula is C18H20F3N3O2. The summed E-state index contributed by atoms with van der Waals surface area (Å²) in [4.78, 5) is 30.1. The van der Waals surface area contributed by atoms with Crippen LogP contribution in [0.5, 0.6) is 0 Å². The zero-order chi connectivity index (χ0) is 19.7. The van der Waals surface area contributed by atoms with Crippen molar-refractivity contribution in [2.45, 2.75) is 39.3 Å². The van der Waals surface area contributed by atoms with Crippen LogP contribution in [-0.2, 0) is 6.18 Å². The number of rotatable bonds is 4. The van der Waals surface area contributed by atoms with Gasteiger partial charge in [0, 0.05) is 12.5 Å². The first-order chi connectivity index (χ1) is 11.9. The number of ketones is 1. The molecule has 1 aromatic carbocycles. The summed E-state index contributed by atoms with van der Waals surface area (Å²) in [6, 6.07) is 5.83. The molecule has 0 saturated carbocycles. The Bertz CT molecular complexity index is 850. The van der Waals surface area contributed by atoms with Gasteiger partial charge in [0.1, 0.15) is 5.69 Å². The first-order valence-electron chi connectivity index (χ1n) is 7.95. The van der Waals surface area contributed by atoms with Gasteiger partial charge in [-0.05, 0) is 29.0 Å². The molecule has 1 atom stereocenters. The van der Waals surface area contributed by atoms with Crippen LogP contribution < -0.4 is 11.3 Å². The van der Waals surface area contributed by atoms with Crippen LogP contribution in [0.15, 0.2) is 35.1 Å². The van der Waals surface area contributed by atoms with E-state index in [4.69, 9.17) is 5.73 Å². The number of benzene rings is 1. The summed E-state index contributed by atoms with van der Waals surface area (Å²) in [5, 5.41) is 0. The van der Waals surface area contributed by atoms with Gasteiger partial charge in [-0.15, -0.1) is 0 Å². The van der Waals surface area contributed by atoms with Gasteiger partial charge in [-0.3, -0.25) is 14.6 Å². The average Bonchev–Trinajstić information content (AvgIpc) is 2.49. The summed E-state index contributed by atoms with van der Waals surface area (Å²) in [6.07, 6.45) is -4.43. The van der Waals surface area contributed by atoms with Crippen LogP contribution in [0.2, 0.25) is 0 Å². The van der Waals surface area contributed by atoms with Crippen molar-refractivity contribution >= 4 is 11.7 Å². The number of aromatic amines is 1. The smallest absolute Gasteiger partial charge is 0.369 e. The molecule has 0 unspecified atom stereocenters. The average molecular weight is 367 g/mol. The quantitative estimate of drug-likeness (QED) is 0.805. The fourth-order valence-corrected chi connectivity index (χ4v) is 2.74. The third kappa shape index (κ3) is 4.71. The van der Waals surface area contributed by atoms with Crippen molar-refractivity contribution in [2.24, 2.45) is 5.41 Å². The Morgan fingerprint density at radius 1 is 1.19 bits per heavy atom. The number of nitrogens with two attached hydrogens (primary N) is 1. The molecule has 0 amide bonds. The number of aromatic nitrogens is 2. The maximum absolute atomic E-state index is 12.8. The summed E-state index contributed by atoms with van der Waals surface area (Å²) in [6.45, 7) is 5.67. The predicted octanol–water partition coefficient (Wildman–Crippen LogP) is 3.77. The number of halogens is 3. The van der Waals surface area contributed by atoms with E-state index in [1.165, 1.54) is 12.1 Å². The van der Waals surface area contributed by atoms with Crippen LogP contribution in [0.4, 0.5) is 19.1 Å². The molecule has 2 aromatic rings. The van der Waals surface area contributed by atoms with Crippen molar-refractivity contribution in [2.75, 3.05) is 5.73 Å². The highest BCUT2D eigenvalue weighted by molar-refractivity contribution is 5.94. The lowest BCUT2D eigenvalue weighted by Gasteiger charge is -2.31. The molecule has 140 valence electrons. The van der Waals surface area contributed by atoms with E-state index in [0.717, 1.165) is 18.2 Å². The molecule has 1 heterocycles. The number of anilines is 1. The lowest BCUT2D eigenvalue weighted by molar-refractivity contribution is -0.137. The molecule has 1 aromatic heterocycles. The Kier molecular flexibility index (Phi) is 5.25. The predicted molar refractivity (Wildman–Crippen MR) is 91.9 cm³/mol. The summed E-state index contributed by atoms with van der Waals surface area (Å²) in [5.74, 6) is -0.926. The van der Waals surface area contributed by atoms with Crippen molar-refractivity contribution in [1.29, 1.82) is 0 Å². The van der Waals surface area contributed by atoms with Gasteiger partial charge in [-0.25, -0.2) is 4.98 Å². The molecule has 0 aliphatic carbocycles. The van der Waals surface area contributed by atoms with E-state index >= 15 is 0 Å². The number of hydrogen-bond donors (Lipinski definition) is 2. The second-order valence-corrected chi connectivity index (χ2v) is 7.18. The minimum absolute atomic E-state index is 0.00917. The van der Waals surface area contributed by atoms with Crippen molar-refractivity contribution in [1.82, 2.24) is 9.97 Å². The first kappa shape index (κ1) is 19.7. The summed E-state index contributed by atoms with van der Waals surface area (Å²) in [5.41, 5.74) is 4.32. The molecule has 8 heteroatoms. The Balaban J connectivity index is 2.34. The van der Waals surface area contributed by atoms with Gasteiger partial charge in [-0.1, -0.05) is 32.9 Å². The minimum atomic E-state index is -4.42. The Labute approximate surface area is 148 Å². The van der Waals surface area contributed by atoms with Crippen LogP contribution in [0.3, 0.4) is 0 Å². The zero-order valence-electron chi connectivity index (χ0n) is 14.6. The minimum Gasteiger partial charge on any atom is -0.369 e. The van der Waals surface area contributed by atoms with Crippen molar-refractivity contribution < 1.29 is 18.0 Å².